The second kappa shape index (κ2) is 8.10. The van der Waals surface area contributed by atoms with E-state index in [0.29, 0.717) is 44.2 Å². The van der Waals surface area contributed by atoms with E-state index in [4.69, 9.17) is 9.47 Å². The van der Waals surface area contributed by atoms with Crippen molar-refractivity contribution >= 4 is 5.97 Å². The maximum absolute atomic E-state index is 13.5. The van der Waals surface area contributed by atoms with E-state index in [1.165, 1.54) is 18.2 Å². The van der Waals surface area contributed by atoms with Crippen LogP contribution in [0.4, 0.5) is 4.39 Å². The topological polar surface area (TPSA) is 59.0 Å². The normalized spacial score (nSPS) is 17.2. The largest absolute Gasteiger partial charge is 0.493 e. The monoisotopic (exact) mass is 311 g/mol. The highest BCUT2D eigenvalue weighted by atomic mass is 19.1. The van der Waals surface area contributed by atoms with Crippen molar-refractivity contribution in [2.24, 2.45) is 0 Å². The van der Waals surface area contributed by atoms with Crippen LogP contribution in [0.5, 0.6) is 5.75 Å². The van der Waals surface area contributed by atoms with E-state index >= 15 is 0 Å². The average molecular weight is 311 g/mol. The smallest absolute Gasteiger partial charge is 0.325 e. The first-order chi connectivity index (χ1) is 10.6. The number of ether oxygens (including phenoxy) is 2. The van der Waals surface area contributed by atoms with Gasteiger partial charge in [-0.15, -0.1) is 0 Å². The molecule has 1 aliphatic heterocycles. The lowest BCUT2D eigenvalue weighted by molar-refractivity contribution is -0.145. The van der Waals surface area contributed by atoms with Gasteiger partial charge in [-0.25, -0.2) is 4.39 Å². The Hall–Kier alpha value is -1.66. The highest BCUT2D eigenvalue weighted by Crippen LogP contribution is 2.31. The van der Waals surface area contributed by atoms with Crippen LogP contribution >= 0.6 is 0 Å². The van der Waals surface area contributed by atoms with Crippen LogP contribution in [0.15, 0.2) is 18.2 Å². The van der Waals surface area contributed by atoms with Gasteiger partial charge in [0.25, 0.3) is 0 Å². The summed E-state index contributed by atoms with van der Waals surface area (Å²) < 4.78 is 24.4. The number of halogens is 1. The Kier molecular flexibility index (Phi) is 6.15. The Morgan fingerprint density at radius 3 is 2.82 bits per heavy atom. The van der Waals surface area contributed by atoms with E-state index in [1.54, 1.807) is 0 Å². The highest BCUT2D eigenvalue weighted by molar-refractivity contribution is 5.76. The number of hydrogen-bond donors (Lipinski definition) is 1. The zero-order valence-electron chi connectivity index (χ0n) is 12.8. The molecular weight excluding hydrogens is 289 g/mol. The Morgan fingerprint density at radius 1 is 1.45 bits per heavy atom. The molecule has 1 aromatic carbocycles. The van der Waals surface area contributed by atoms with Crippen molar-refractivity contribution < 1.29 is 23.8 Å². The number of aliphatic carboxylic acids is 1. The standard InChI is InChI=1S/C16H22FNO4/c1-2-3-8-22-14-11-12(17)4-5-13(14)15(16(19)20)18-6-9-21-10-7-18/h4-5,11,15H,2-3,6-10H2,1H3,(H,19,20). The molecule has 1 saturated heterocycles. The van der Waals surface area contributed by atoms with Crippen molar-refractivity contribution in [2.75, 3.05) is 32.9 Å². The van der Waals surface area contributed by atoms with Crippen molar-refractivity contribution in [1.29, 1.82) is 0 Å². The maximum Gasteiger partial charge on any atom is 0.325 e. The molecule has 1 aliphatic rings. The summed E-state index contributed by atoms with van der Waals surface area (Å²) in [5.74, 6) is -1.08. The molecule has 1 N–H and O–H groups in total. The fraction of sp³-hybridized carbons (Fsp3) is 0.562. The zero-order valence-corrected chi connectivity index (χ0v) is 12.8. The second-order valence-electron chi connectivity index (χ2n) is 5.27. The van der Waals surface area contributed by atoms with Crippen LogP contribution in [0.3, 0.4) is 0 Å². The third kappa shape index (κ3) is 4.18. The predicted molar refractivity (Wildman–Crippen MR) is 79.6 cm³/mol. The van der Waals surface area contributed by atoms with Gasteiger partial charge in [0.05, 0.1) is 19.8 Å². The molecule has 22 heavy (non-hydrogen) atoms. The van der Waals surface area contributed by atoms with Crippen molar-refractivity contribution in [3.05, 3.63) is 29.6 Å². The number of nitrogens with zero attached hydrogens (tertiary/aromatic N) is 1. The van der Waals surface area contributed by atoms with Gasteiger partial charge >= 0.3 is 5.97 Å². The van der Waals surface area contributed by atoms with E-state index in [2.05, 4.69) is 0 Å². The van der Waals surface area contributed by atoms with Crippen molar-refractivity contribution in [1.82, 2.24) is 4.90 Å². The summed E-state index contributed by atoms with van der Waals surface area (Å²) in [6.07, 6.45) is 1.79. The van der Waals surface area contributed by atoms with Gasteiger partial charge < -0.3 is 14.6 Å². The summed E-state index contributed by atoms with van der Waals surface area (Å²) in [7, 11) is 0. The molecule has 0 aliphatic carbocycles. The van der Waals surface area contributed by atoms with E-state index in [9.17, 15) is 14.3 Å². The first-order valence-electron chi connectivity index (χ1n) is 7.60. The minimum Gasteiger partial charge on any atom is -0.493 e. The minimum atomic E-state index is -0.964. The molecule has 1 fully saturated rings. The number of carboxylic acid groups (broad SMARTS) is 1. The number of hydrogen-bond acceptors (Lipinski definition) is 4. The molecule has 6 heteroatoms. The van der Waals surface area contributed by atoms with Crippen LogP contribution in [0.2, 0.25) is 0 Å². The van der Waals surface area contributed by atoms with Gasteiger partial charge in [0.1, 0.15) is 17.6 Å². The Bertz CT molecular complexity index is 503. The van der Waals surface area contributed by atoms with Crippen LogP contribution in [0.1, 0.15) is 31.4 Å². The van der Waals surface area contributed by atoms with Crippen LogP contribution in [0, 0.1) is 5.82 Å². The lowest BCUT2D eigenvalue weighted by Gasteiger charge is -2.32. The first kappa shape index (κ1) is 16.7. The van der Waals surface area contributed by atoms with Gasteiger partial charge in [0.2, 0.25) is 0 Å². The molecule has 0 saturated carbocycles. The molecule has 5 nitrogen and oxygen atoms in total. The van der Waals surface area contributed by atoms with E-state index in [-0.39, 0.29) is 0 Å². The Balaban J connectivity index is 2.27. The van der Waals surface area contributed by atoms with Gasteiger partial charge in [-0.1, -0.05) is 19.4 Å². The van der Waals surface area contributed by atoms with E-state index in [0.717, 1.165) is 12.8 Å². The number of carboxylic acids is 1. The molecule has 0 amide bonds. The Morgan fingerprint density at radius 2 is 2.18 bits per heavy atom. The molecule has 0 radical (unpaired) electrons. The summed E-state index contributed by atoms with van der Waals surface area (Å²) >= 11 is 0. The van der Waals surface area contributed by atoms with Crippen molar-refractivity contribution in [3.8, 4) is 5.75 Å². The third-order valence-electron chi connectivity index (χ3n) is 3.67. The number of rotatable bonds is 7. The molecule has 1 heterocycles. The predicted octanol–water partition coefficient (Wildman–Crippen LogP) is 2.46. The SMILES string of the molecule is CCCCOc1cc(F)ccc1C(C(=O)O)N1CCOCC1. The number of carbonyl (C=O) groups is 1. The minimum absolute atomic E-state index is 0.312. The van der Waals surface area contributed by atoms with Gasteiger partial charge in [-0.3, -0.25) is 9.69 Å². The number of morpholine rings is 1. The molecule has 1 aromatic rings. The number of benzene rings is 1. The summed E-state index contributed by atoms with van der Waals surface area (Å²) in [6.45, 7) is 4.53. The second-order valence-corrected chi connectivity index (χ2v) is 5.27. The number of unbranched alkanes of at least 4 members (excludes halogenated alkanes) is 1. The van der Waals surface area contributed by atoms with E-state index < -0.39 is 17.8 Å². The molecule has 122 valence electrons. The summed E-state index contributed by atoms with van der Waals surface area (Å²) in [5, 5.41) is 9.61. The molecule has 0 bridgehead atoms. The molecule has 0 spiro atoms. The molecule has 0 aromatic heterocycles. The van der Waals surface area contributed by atoms with E-state index in [1.807, 2.05) is 11.8 Å². The summed E-state index contributed by atoms with van der Waals surface area (Å²) in [6, 6.07) is 3.20. The quantitative estimate of drug-likeness (QED) is 0.784. The van der Waals surface area contributed by atoms with Gasteiger partial charge in [-0.05, 0) is 12.5 Å². The van der Waals surface area contributed by atoms with Crippen LogP contribution in [-0.2, 0) is 9.53 Å². The lowest BCUT2D eigenvalue weighted by atomic mass is 10.0. The lowest BCUT2D eigenvalue weighted by Crippen LogP contribution is -2.42. The fourth-order valence-electron chi connectivity index (χ4n) is 2.51. The molecule has 2 rings (SSSR count). The Labute approximate surface area is 129 Å². The van der Waals surface area contributed by atoms with Gasteiger partial charge in [0.15, 0.2) is 0 Å². The van der Waals surface area contributed by atoms with Crippen molar-refractivity contribution in [2.45, 2.75) is 25.8 Å². The maximum atomic E-state index is 13.5. The summed E-state index contributed by atoms with van der Waals surface area (Å²) in [4.78, 5) is 13.6. The van der Waals surface area contributed by atoms with Gasteiger partial charge in [0, 0.05) is 24.7 Å². The van der Waals surface area contributed by atoms with Crippen LogP contribution < -0.4 is 4.74 Å². The third-order valence-corrected chi connectivity index (χ3v) is 3.67. The zero-order chi connectivity index (χ0) is 15.9. The van der Waals surface area contributed by atoms with Crippen molar-refractivity contribution in [3.63, 3.8) is 0 Å². The highest BCUT2D eigenvalue weighted by Gasteiger charge is 2.31. The summed E-state index contributed by atoms with van der Waals surface area (Å²) in [5.41, 5.74) is 0.493. The van der Waals surface area contributed by atoms with Crippen LogP contribution in [0.25, 0.3) is 0 Å². The average Bonchev–Trinajstić information content (AvgIpc) is 2.50. The van der Waals surface area contributed by atoms with Crippen LogP contribution in [-0.4, -0.2) is 48.9 Å². The fourth-order valence-corrected chi connectivity index (χ4v) is 2.51. The molecular formula is C16H22FNO4. The first-order valence-corrected chi connectivity index (χ1v) is 7.60. The molecule has 1 atom stereocenters. The van der Waals surface area contributed by atoms with Gasteiger partial charge in [-0.2, -0.15) is 0 Å². The molecule has 1 unspecified atom stereocenters.